The summed E-state index contributed by atoms with van der Waals surface area (Å²) < 4.78 is 0. The third kappa shape index (κ3) is 21.3. The third-order valence-electron chi connectivity index (χ3n) is 11.3. The van der Waals surface area contributed by atoms with E-state index in [4.69, 9.17) is 11.5 Å². The van der Waals surface area contributed by atoms with E-state index in [0.717, 1.165) is 108 Å². The van der Waals surface area contributed by atoms with Crippen molar-refractivity contribution in [3.63, 3.8) is 0 Å². The number of amides is 6. The fraction of sp³-hybridized carbons (Fsp3) is 0.705. The minimum absolute atomic E-state index is 0.117. The van der Waals surface area contributed by atoms with Gasteiger partial charge in [0, 0.05) is 19.3 Å². The predicted molar refractivity (Wildman–Crippen MR) is 224 cm³/mol. The Morgan fingerprint density at radius 3 is 1.64 bits per heavy atom. The van der Waals surface area contributed by atoms with Crippen molar-refractivity contribution in [1.29, 1.82) is 0 Å². The molecule has 58 heavy (non-hydrogen) atoms. The van der Waals surface area contributed by atoms with E-state index >= 15 is 0 Å². The van der Waals surface area contributed by atoms with Crippen LogP contribution in [0.5, 0.6) is 0 Å². The van der Waals surface area contributed by atoms with Gasteiger partial charge in [0.05, 0.1) is 6.42 Å². The van der Waals surface area contributed by atoms with Crippen LogP contribution in [0.15, 0.2) is 30.3 Å². The second-order valence-corrected chi connectivity index (χ2v) is 16.3. The Bertz CT molecular complexity index is 1420. The minimum Gasteiger partial charge on any atom is -0.480 e. The summed E-state index contributed by atoms with van der Waals surface area (Å²) >= 11 is 0. The molecule has 14 nitrogen and oxygen atoms in total. The zero-order valence-electron chi connectivity index (χ0n) is 35.1. The normalized spacial score (nSPS) is 15.6. The van der Waals surface area contributed by atoms with Crippen molar-refractivity contribution in [2.24, 2.45) is 23.3 Å². The minimum atomic E-state index is -1.21. The van der Waals surface area contributed by atoms with Crippen LogP contribution in [0.2, 0.25) is 0 Å². The van der Waals surface area contributed by atoms with Gasteiger partial charge in [-0.2, -0.15) is 0 Å². The second kappa shape index (κ2) is 28.8. The lowest BCUT2D eigenvalue weighted by Crippen LogP contribution is -2.55. The van der Waals surface area contributed by atoms with Gasteiger partial charge in [-0.1, -0.05) is 147 Å². The quantitative estimate of drug-likeness (QED) is 0.0497. The van der Waals surface area contributed by atoms with Crippen LogP contribution in [-0.4, -0.2) is 70.7 Å². The Balaban J connectivity index is 1.55. The standard InChI is InChI=1S/C44H72N6O8/c1-3-31(2)40(43(56)48-34(41(46)54)28-32-22-16-14-17-23-32)50-39(53)27-21-13-11-9-7-5-4-6-8-10-12-20-26-38(52)47-35(30-37(45)51)42(55)49-36(44(57)58)29-33-24-18-15-19-25-33/h14,16-17,22-23,31,33-36,40H,3-13,15,18-21,24-30H2,1-2H3,(H2,45,51)(H2,46,54)(H,47,52)(H,48,56)(H,49,55)(H,50,53)(H,57,58)/t31?,34-,35+,36?,40+/m1/s1. The first-order valence-electron chi connectivity index (χ1n) is 21.8. The molecule has 0 radical (unpaired) electrons. The summed E-state index contributed by atoms with van der Waals surface area (Å²) in [6.45, 7) is 3.85. The molecule has 1 aliphatic carbocycles. The van der Waals surface area contributed by atoms with Crippen LogP contribution < -0.4 is 32.7 Å². The Hall–Kier alpha value is -4.49. The number of primary amides is 2. The Morgan fingerprint density at radius 2 is 1.16 bits per heavy atom. The molecular weight excluding hydrogens is 741 g/mol. The lowest BCUT2D eigenvalue weighted by Gasteiger charge is -2.26. The number of unbranched alkanes of at least 4 members (excludes halogenated alkanes) is 11. The monoisotopic (exact) mass is 813 g/mol. The van der Waals surface area contributed by atoms with Crippen molar-refractivity contribution in [2.45, 2.75) is 186 Å². The summed E-state index contributed by atoms with van der Waals surface area (Å²) in [6.07, 6.45) is 18.4. The lowest BCUT2D eigenvalue weighted by molar-refractivity contribution is -0.143. The maximum atomic E-state index is 13.2. The first-order chi connectivity index (χ1) is 27.8. The fourth-order valence-corrected chi connectivity index (χ4v) is 7.55. The molecule has 0 heterocycles. The molecule has 1 saturated carbocycles. The summed E-state index contributed by atoms with van der Waals surface area (Å²) in [6, 6.07) is 5.42. The van der Waals surface area contributed by atoms with Gasteiger partial charge in [0.1, 0.15) is 24.2 Å². The van der Waals surface area contributed by atoms with Crippen LogP contribution >= 0.6 is 0 Å². The first kappa shape index (κ1) is 49.7. The number of carboxylic acids is 1. The molecule has 9 N–H and O–H groups in total. The Labute approximate surface area is 345 Å². The van der Waals surface area contributed by atoms with E-state index < -0.39 is 60.2 Å². The smallest absolute Gasteiger partial charge is 0.326 e. The number of carbonyl (C=O) groups is 7. The maximum Gasteiger partial charge on any atom is 0.326 e. The van der Waals surface area contributed by atoms with Crippen LogP contribution in [0.1, 0.15) is 161 Å². The number of nitrogens with one attached hydrogen (secondary N) is 4. The maximum absolute atomic E-state index is 13.2. The fourth-order valence-electron chi connectivity index (χ4n) is 7.55. The second-order valence-electron chi connectivity index (χ2n) is 16.3. The molecule has 2 rings (SSSR count). The first-order valence-corrected chi connectivity index (χ1v) is 21.8. The number of hydrogen-bond acceptors (Lipinski definition) is 7. The SMILES string of the molecule is CCC(C)[C@H](NC(=O)CCCCCCCCCCCCCCC(=O)N[C@@H](CC(N)=O)C(=O)NC(CC1CCCCC1)C(=O)O)C(=O)N[C@H](Cc1ccccc1)C(N)=O. The van der Waals surface area contributed by atoms with Crippen LogP contribution in [-0.2, 0) is 40.0 Å². The van der Waals surface area contributed by atoms with Gasteiger partial charge in [0.15, 0.2) is 0 Å². The number of benzene rings is 1. The van der Waals surface area contributed by atoms with Gasteiger partial charge in [-0.25, -0.2) is 4.79 Å². The number of aliphatic carboxylic acids is 1. The molecule has 5 atom stereocenters. The molecule has 0 saturated heterocycles. The molecule has 0 spiro atoms. The molecule has 326 valence electrons. The zero-order valence-corrected chi connectivity index (χ0v) is 35.1. The molecule has 0 bridgehead atoms. The van der Waals surface area contributed by atoms with E-state index in [1.807, 2.05) is 44.2 Å². The van der Waals surface area contributed by atoms with E-state index in [-0.39, 0.29) is 36.5 Å². The highest BCUT2D eigenvalue weighted by Crippen LogP contribution is 2.27. The van der Waals surface area contributed by atoms with Crippen molar-refractivity contribution in [2.75, 3.05) is 0 Å². The molecule has 0 aromatic heterocycles. The molecule has 6 amide bonds. The van der Waals surface area contributed by atoms with Crippen molar-refractivity contribution >= 4 is 41.4 Å². The summed E-state index contributed by atoms with van der Waals surface area (Å²) in [5.74, 6) is -4.06. The molecule has 1 aromatic carbocycles. The third-order valence-corrected chi connectivity index (χ3v) is 11.3. The van der Waals surface area contributed by atoms with E-state index in [2.05, 4.69) is 21.3 Å². The Morgan fingerprint density at radius 1 is 0.655 bits per heavy atom. The molecule has 1 aliphatic rings. The van der Waals surface area contributed by atoms with Crippen molar-refractivity contribution in [1.82, 2.24) is 21.3 Å². The molecule has 1 fully saturated rings. The number of carbonyl (C=O) groups excluding carboxylic acids is 6. The zero-order chi connectivity index (χ0) is 42.7. The Kier molecular flexibility index (Phi) is 24.7. The van der Waals surface area contributed by atoms with Gasteiger partial charge in [0.25, 0.3) is 0 Å². The molecular formula is C44H72N6O8. The highest BCUT2D eigenvalue weighted by Gasteiger charge is 2.31. The van der Waals surface area contributed by atoms with Gasteiger partial charge in [-0.15, -0.1) is 0 Å². The van der Waals surface area contributed by atoms with Gasteiger partial charge < -0.3 is 37.8 Å². The van der Waals surface area contributed by atoms with Crippen LogP contribution in [0.3, 0.4) is 0 Å². The van der Waals surface area contributed by atoms with Crippen molar-refractivity contribution in [3.05, 3.63) is 35.9 Å². The number of nitrogens with two attached hydrogens (primary N) is 2. The summed E-state index contributed by atoms with van der Waals surface area (Å²) in [7, 11) is 0. The average Bonchev–Trinajstić information content (AvgIpc) is 3.19. The van der Waals surface area contributed by atoms with Crippen molar-refractivity contribution < 1.29 is 38.7 Å². The number of rotatable bonds is 31. The molecule has 14 heteroatoms. The van der Waals surface area contributed by atoms with Gasteiger partial charge in [-0.3, -0.25) is 28.8 Å². The topological polar surface area (TPSA) is 240 Å². The van der Waals surface area contributed by atoms with E-state index in [9.17, 15) is 38.7 Å². The van der Waals surface area contributed by atoms with Gasteiger partial charge in [0.2, 0.25) is 35.4 Å². The lowest BCUT2D eigenvalue weighted by atomic mass is 9.85. The van der Waals surface area contributed by atoms with Gasteiger partial charge in [-0.05, 0) is 36.7 Å². The van der Waals surface area contributed by atoms with E-state index in [0.29, 0.717) is 25.7 Å². The van der Waals surface area contributed by atoms with Crippen molar-refractivity contribution in [3.8, 4) is 0 Å². The summed E-state index contributed by atoms with van der Waals surface area (Å²) in [5, 5.41) is 20.4. The molecule has 1 aromatic rings. The van der Waals surface area contributed by atoms with Crippen LogP contribution in [0.4, 0.5) is 0 Å². The molecule has 0 aliphatic heterocycles. The largest absolute Gasteiger partial charge is 0.480 e. The summed E-state index contributed by atoms with van der Waals surface area (Å²) in [4.78, 5) is 87.0. The number of carboxylic acid groups (broad SMARTS) is 1. The summed E-state index contributed by atoms with van der Waals surface area (Å²) in [5.41, 5.74) is 11.8. The van der Waals surface area contributed by atoms with Crippen LogP contribution in [0, 0.1) is 11.8 Å². The highest BCUT2D eigenvalue weighted by molar-refractivity contribution is 5.94. The van der Waals surface area contributed by atoms with E-state index in [1.54, 1.807) is 0 Å². The van der Waals surface area contributed by atoms with Gasteiger partial charge >= 0.3 is 5.97 Å². The average molecular weight is 813 g/mol. The molecule has 2 unspecified atom stereocenters. The van der Waals surface area contributed by atoms with E-state index in [1.165, 1.54) is 0 Å². The van der Waals surface area contributed by atoms with Crippen LogP contribution in [0.25, 0.3) is 0 Å². The number of hydrogen-bond donors (Lipinski definition) is 7. The highest BCUT2D eigenvalue weighted by atomic mass is 16.4. The predicted octanol–water partition coefficient (Wildman–Crippen LogP) is 5.09.